The monoisotopic (exact) mass is 273 g/mol. The molecule has 0 spiro atoms. The molecule has 100 valence electrons. The van der Waals surface area contributed by atoms with E-state index in [0.29, 0.717) is 16.9 Å². The molecule has 0 radical (unpaired) electrons. The van der Waals surface area contributed by atoms with Crippen molar-refractivity contribution >= 4 is 28.3 Å². The molecule has 0 saturated carbocycles. The van der Waals surface area contributed by atoms with Gasteiger partial charge in [0.25, 0.3) is 5.19 Å². The third-order valence-electron chi connectivity index (χ3n) is 1.98. The summed E-state index contributed by atoms with van der Waals surface area (Å²) in [5, 5.41) is 19.3. The number of hydrogen-bond acceptors (Lipinski definition) is 6. The number of carbonyl (C=O) groups is 2. The predicted molar refractivity (Wildman–Crippen MR) is 65.7 cm³/mol. The SMILES string of the molecule is CCOc1nnc(NC(=O)CC(C)CC(=O)O)s1. The highest BCUT2D eigenvalue weighted by Gasteiger charge is 2.14. The zero-order valence-electron chi connectivity index (χ0n) is 10.2. The summed E-state index contributed by atoms with van der Waals surface area (Å²) in [5.74, 6) is -1.41. The van der Waals surface area contributed by atoms with Crippen molar-refractivity contribution in [2.75, 3.05) is 11.9 Å². The summed E-state index contributed by atoms with van der Waals surface area (Å²) >= 11 is 1.13. The molecular formula is C10H15N3O4S. The van der Waals surface area contributed by atoms with E-state index in [-0.39, 0.29) is 24.7 Å². The van der Waals surface area contributed by atoms with Crippen molar-refractivity contribution in [1.82, 2.24) is 10.2 Å². The largest absolute Gasteiger partial charge is 0.481 e. The second-order valence-electron chi connectivity index (χ2n) is 3.76. The summed E-state index contributed by atoms with van der Waals surface area (Å²) in [5.41, 5.74) is 0. The van der Waals surface area contributed by atoms with Gasteiger partial charge in [0.15, 0.2) is 0 Å². The first-order valence-corrected chi connectivity index (χ1v) is 6.30. The van der Waals surface area contributed by atoms with Gasteiger partial charge in [-0.15, -0.1) is 5.10 Å². The lowest BCUT2D eigenvalue weighted by Crippen LogP contribution is -2.16. The first-order chi connectivity index (χ1) is 8.51. The number of anilines is 1. The lowest BCUT2D eigenvalue weighted by molar-refractivity contribution is -0.138. The number of rotatable bonds is 7. The summed E-state index contributed by atoms with van der Waals surface area (Å²) in [6.45, 7) is 4.02. The molecule has 0 aliphatic rings. The maximum absolute atomic E-state index is 11.6. The molecular weight excluding hydrogens is 258 g/mol. The third kappa shape index (κ3) is 5.09. The summed E-state index contributed by atoms with van der Waals surface area (Å²) < 4.78 is 5.12. The maximum Gasteiger partial charge on any atom is 0.303 e. The van der Waals surface area contributed by atoms with E-state index >= 15 is 0 Å². The van der Waals surface area contributed by atoms with Crippen LogP contribution in [-0.2, 0) is 9.59 Å². The summed E-state index contributed by atoms with van der Waals surface area (Å²) in [6.07, 6.45) is 0.101. The highest BCUT2D eigenvalue weighted by Crippen LogP contribution is 2.22. The smallest absolute Gasteiger partial charge is 0.303 e. The molecule has 1 aromatic rings. The van der Waals surface area contributed by atoms with E-state index in [1.807, 2.05) is 6.92 Å². The molecule has 1 unspecified atom stereocenters. The van der Waals surface area contributed by atoms with Gasteiger partial charge in [-0.05, 0) is 24.2 Å². The van der Waals surface area contributed by atoms with Crippen LogP contribution in [0.1, 0.15) is 26.7 Å². The van der Waals surface area contributed by atoms with E-state index in [4.69, 9.17) is 9.84 Å². The molecule has 18 heavy (non-hydrogen) atoms. The van der Waals surface area contributed by atoms with E-state index in [2.05, 4.69) is 15.5 Å². The molecule has 8 heteroatoms. The fraction of sp³-hybridized carbons (Fsp3) is 0.600. The Morgan fingerprint density at radius 2 is 2.17 bits per heavy atom. The molecule has 7 nitrogen and oxygen atoms in total. The van der Waals surface area contributed by atoms with Gasteiger partial charge >= 0.3 is 5.97 Å². The van der Waals surface area contributed by atoms with Crippen LogP contribution < -0.4 is 10.1 Å². The topological polar surface area (TPSA) is 101 Å². The molecule has 0 saturated heterocycles. The molecule has 0 bridgehead atoms. The van der Waals surface area contributed by atoms with Gasteiger partial charge in [0.05, 0.1) is 6.61 Å². The van der Waals surface area contributed by atoms with Crippen LogP contribution in [0.25, 0.3) is 0 Å². The van der Waals surface area contributed by atoms with E-state index < -0.39 is 5.97 Å². The third-order valence-corrected chi connectivity index (χ3v) is 2.73. The number of carboxylic acids is 1. The summed E-state index contributed by atoms with van der Waals surface area (Å²) in [7, 11) is 0. The van der Waals surface area contributed by atoms with Gasteiger partial charge in [-0.2, -0.15) is 0 Å². The number of ether oxygens (including phenoxy) is 1. The average Bonchev–Trinajstić information content (AvgIpc) is 2.64. The maximum atomic E-state index is 11.6. The highest BCUT2D eigenvalue weighted by atomic mass is 32.1. The van der Waals surface area contributed by atoms with Crippen molar-refractivity contribution in [3.05, 3.63) is 0 Å². The van der Waals surface area contributed by atoms with Crippen LogP contribution in [0.4, 0.5) is 5.13 Å². The Labute approximate surface area is 108 Å². The van der Waals surface area contributed by atoms with Gasteiger partial charge in [-0.3, -0.25) is 9.59 Å². The Morgan fingerprint density at radius 3 is 2.78 bits per heavy atom. The van der Waals surface area contributed by atoms with E-state index in [0.717, 1.165) is 11.3 Å². The van der Waals surface area contributed by atoms with Crippen molar-refractivity contribution < 1.29 is 19.4 Å². The van der Waals surface area contributed by atoms with E-state index in [9.17, 15) is 9.59 Å². The number of aromatic nitrogens is 2. The van der Waals surface area contributed by atoms with Crippen molar-refractivity contribution in [3.63, 3.8) is 0 Å². The van der Waals surface area contributed by atoms with Gasteiger partial charge < -0.3 is 15.2 Å². The second-order valence-corrected chi connectivity index (χ2v) is 4.70. The van der Waals surface area contributed by atoms with Crippen LogP contribution in [0.3, 0.4) is 0 Å². The van der Waals surface area contributed by atoms with E-state index in [1.54, 1.807) is 6.92 Å². The quantitative estimate of drug-likeness (QED) is 0.778. The van der Waals surface area contributed by atoms with Gasteiger partial charge in [0.2, 0.25) is 11.0 Å². The average molecular weight is 273 g/mol. The number of aliphatic carboxylic acids is 1. The van der Waals surface area contributed by atoms with Gasteiger partial charge in [-0.25, -0.2) is 0 Å². The minimum atomic E-state index is -0.912. The minimum Gasteiger partial charge on any atom is -0.481 e. The Kier molecular flexibility index (Phi) is 5.50. The normalized spacial score (nSPS) is 11.9. The number of carboxylic acid groups (broad SMARTS) is 1. The fourth-order valence-corrected chi connectivity index (χ4v) is 1.97. The van der Waals surface area contributed by atoms with Crippen LogP contribution >= 0.6 is 11.3 Å². The number of nitrogens with one attached hydrogen (secondary N) is 1. The van der Waals surface area contributed by atoms with Gasteiger partial charge in [-0.1, -0.05) is 12.0 Å². The second kappa shape index (κ2) is 6.90. The summed E-state index contributed by atoms with van der Waals surface area (Å²) in [4.78, 5) is 22.0. The lowest BCUT2D eigenvalue weighted by atomic mass is 10.0. The van der Waals surface area contributed by atoms with Crippen LogP contribution in [0, 0.1) is 5.92 Å². The zero-order chi connectivity index (χ0) is 13.5. The zero-order valence-corrected chi connectivity index (χ0v) is 11.0. The number of nitrogens with zero attached hydrogens (tertiary/aromatic N) is 2. The van der Waals surface area contributed by atoms with Crippen molar-refractivity contribution in [1.29, 1.82) is 0 Å². The Morgan fingerprint density at radius 1 is 1.44 bits per heavy atom. The molecule has 2 N–H and O–H groups in total. The Hall–Kier alpha value is -1.70. The fourth-order valence-electron chi connectivity index (χ4n) is 1.30. The van der Waals surface area contributed by atoms with Crippen LogP contribution in [0.15, 0.2) is 0 Å². The predicted octanol–water partition coefficient (Wildman–Crippen LogP) is 1.38. The molecule has 1 amide bonds. The number of carbonyl (C=O) groups excluding carboxylic acids is 1. The molecule has 1 rings (SSSR count). The van der Waals surface area contributed by atoms with E-state index in [1.165, 1.54) is 0 Å². The number of amides is 1. The first kappa shape index (κ1) is 14.4. The molecule has 0 aromatic carbocycles. The van der Waals surface area contributed by atoms with Gasteiger partial charge in [0.1, 0.15) is 0 Å². The molecule has 0 fully saturated rings. The van der Waals surface area contributed by atoms with Crippen molar-refractivity contribution in [2.45, 2.75) is 26.7 Å². The molecule has 0 aliphatic heterocycles. The van der Waals surface area contributed by atoms with Gasteiger partial charge in [0, 0.05) is 12.8 Å². The highest BCUT2D eigenvalue weighted by molar-refractivity contribution is 7.17. The first-order valence-electron chi connectivity index (χ1n) is 5.49. The Balaban J connectivity index is 2.41. The van der Waals surface area contributed by atoms with Crippen LogP contribution in [-0.4, -0.2) is 33.8 Å². The minimum absolute atomic E-state index is 0.0340. The Bertz CT molecular complexity index is 421. The molecule has 1 aromatic heterocycles. The molecule has 1 atom stereocenters. The summed E-state index contributed by atoms with van der Waals surface area (Å²) in [6, 6.07) is 0. The van der Waals surface area contributed by atoms with Crippen molar-refractivity contribution in [2.24, 2.45) is 5.92 Å². The van der Waals surface area contributed by atoms with Crippen molar-refractivity contribution in [3.8, 4) is 5.19 Å². The number of hydrogen-bond donors (Lipinski definition) is 2. The molecule has 1 heterocycles. The van der Waals surface area contributed by atoms with Crippen LogP contribution in [0.2, 0.25) is 0 Å². The molecule has 0 aliphatic carbocycles. The standard InChI is InChI=1S/C10H15N3O4S/c1-3-17-10-13-12-9(18-10)11-7(14)4-6(2)5-8(15)16/h6H,3-5H2,1-2H3,(H,15,16)(H,11,12,14). The van der Waals surface area contributed by atoms with Crippen LogP contribution in [0.5, 0.6) is 5.19 Å². The lowest BCUT2D eigenvalue weighted by Gasteiger charge is -2.06.